The fourth-order valence-electron chi connectivity index (χ4n) is 2.41. The van der Waals surface area contributed by atoms with Gasteiger partial charge >= 0.3 is 5.97 Å². The summed E-state index contributed by atoms with van der Waals surface area (Å²) in [6.07, 6.45) is 1.91. The minimum atomic E-state index is -1.35. The molecule has 2 aromatic rings. The van der Waals surface area contributed by atoms with Crippen molar-refractivity contribution in [2.45, 2.75) is 23.0 Å². The van der Waals surface area contributed by atoms with Crippen LogP contribution in [0.5, 0.6) is 0 Å². The molecule has 3 rings (SSSR count). The van der Waals surface area contributed by atoms with E-state index in [1.54, 1.807) is 0 Å². The Balaban J connectivity index is 1.96. The van der Waals surface area contributed by atoms with Crippen molar-refractivity contribution >= 4 is 27.5 Å². The van der Waals surface area contributed by atoms with Gasteiger partial charge in [0.25, 0.3) is 0 Å². The van der Waals surface area contributed by atoms with Crippen LogP contribution in [0.15, 0.2) is 47.4 Å². The van der Waals surface area contributed by atoms with Crippen LogP contribution in [-0.4, -0.2) is 22.5 Å². The molecule has 1 aliphatic carbocycles. The molecule has 104 valence electrons. The van der Waals surface area contributed by atoms with Gasteiger partial charge in [-0.05, 0) is 41.7 Å². The van der Waals surface area contributed by atoms with Crippen LogP contribution in [0, 0.1) is 5.92 Å². The molecule has 2 aromatic carbocycles. The lowest BCUT2D eigenvalue weighted by molar-refractivity contribution is -0.140. The summed E-state index contributed by atoms with van der Waals surface area (Å²) in [5.41, 5.74) is 0. The van der Waals surface area contributed by atoms with Crippen LogP contribution in [0.4, 0.5) is 0 Å². The smallest absolute Gasteiger partial charge is 0.322 e. The highest BCUT2D eigenvalue weighted by molar-refractivity contribution is 7.86. The molecule has 20 heavy (non-hydrogen) atoms. The summed E-state index contributed by atoms with van der Waals surface area (Å²) in [7, 11) is 0.00711. The molecule has 0 amide bonds. The van der Waals surface area contributed by atoms with Crippen LogP contribution in [-0.2, 0) is 20.3 Å². The van der Waals surface area contributed by atoms with E-state index in [0.717, 1.165) is 23.6 Å². The molecule has 0 spiro atoms. The number of carbonyl (C=O) groups excluding carboxylic acids is 1. The van der Waals surface area contributed by atoms with E-state index >= 15 is 0 Å². The molecule has 1 fully saturated rings. The zero-order valence-electron chi connectivity index (χ0n) is 11.2. The summed E-state index contributed by atoms with van der Waals surface area (Å²) in [5.74, 6) is -0.159. The maximum Gasteiger partial charge on any atom is 0.322 e. The molecule has 3 nitrogen and oxygen atoms in total. The second-order valence-corrected chi connectivity index (χ2v) is 6.66. The Kier molecular flexibility index (Phi) is 3.57. The van der Waals surface area contributed by atoms with Gasteiger partial charge in [0.1, 0.15) is 5.25 Å². The van der Waals surface area contributed by atoms with Crippen LogP contribution in [0.25, 0.3) is 10.8 Å². The summed E-state index contributed by atoms with van der Waals surface area (Å²) in [6, 6.07) is 13.6. The molecule has 0 radical (unpaired) electrons. The summed E-state index contributed by atoms with van der Waals surface area (Å²) in [6.45, 7) is 0. The van der Waals surface area contributed by atoms with E-state index in [4.69, 9.17) is 4.74 Å². The quantitative estimate of drug-likeness (QED) is 0.812. The highest BCUT2D eigenvalue weighted by Gasteiger charge is 2.41. The van der Waals surface area contributed by atoms with Crippen LogP contribution >= 0.6 is 0 Å². The van der Waals surface area contributed by atoms with Crippen molar-refractivity contribution < 1.29 is 13.7 Å². The number of hydrogen-bond donors (Lipinski definition) is 0. The van der Waals surface area contributed by atoms with Crippen LogP contribution in [0.1, 0.15) is 12.8 Å². The summed E-state index contributed by atoms with van der Waals surface area (Å²) >= 11 is 0. The van der Waals surface area contributed by atoms with Crippen molar-refractivity contribution in [2.24, 2.45) is 5.92 Å². The van der Waals surface area contributed by atoms with Gasteiger partial charge in [0.05, 0.1) is 17.9 Å². The third kappa shape index (κ3) is 2.48. The molecular formula is C16H16O3S. The lowest BCUT2D eigenvalue weighted by Gasteiger charge is -2.14. The minimum absolute atomic E-state index is 0.203. The Morgan fingerprint density at radius 3 is 2.55 bits per heavy atom. The first kappa shape index (κ1) is 13.3. The SMILES string of the molecule is COC(=O)C(C1CC1)S(=O)c1ccc2ccccc2c1. The third-order valence-corrected chi connectivity index (χ3v) is 5.42. The number of esters is 1. The highest BCUT2D eigenvalue weighted by atomic mass is 32.2. The van der Waals surface area contributed by atoms with Gasteiger partial charge < -0.3 is 4.74 Å². The summed E-state index contributed by atoms with van der Waals surface area (Å²) in [5, 5.41) is 1.62. The average Bonchev–Trinajstić information content (AvgIpc) is 3.31. The van der Waals surface area contributed by atoms with Gasteiger partial charge in [-0.1, -0.05) is 30.3 Å². The third-order valence-electron chi connectivity index (χ3n) is 3.67. The van der Waals surface area contributed by atoms with Gasteiger partial charge in [-0.3, -0.25) is 9.00 Å². The average molecular weight is 288 g/mol. The van der Waals surface area contributed by atoms with Crippen molar-refractivity contribution in [2.75, 3.05) is 7.11 Å². The number of carbonyl (C=O) groups is 1. The molecule has 1 saturated carbocycles. The van der Waals surface area contributed by atoms with Gasteiger partial charge in [-0.25, -0.2) is 0 Å². The van der Waals surface area contributed by atoms with Crippen molar-refractivity contribution in [3.8, 4) is 0 Å². The normalized spacial score (nSPS) is 17.6. The molecule has 2 unspecified atom stereocenters. The zero-order chi connectivity index (χ0) is 14.1. The highest BCUT2D eigenvalue weighted by Crippen LogP contribution is 2.37. The van der Waals surface area contributed by atoms with Gasteiger partial charge in [0.15, 0.2) is 0 Å². The first-order valence-corrected chi connectivity index (χ1v) is 7.89. The predicted octanol–water partition coefficient (Wildman–Crippen LogP) is 2.90. The maximum atomic E-state index is 12.7. The Hall–Kier alpha value is -1.68. The number of hydrogen-bond acceptors (Lipinski definition) is 3. The largest absolute Gasteiger partial charge is 0.468 e. The van der Waals surface area contributed by atoms with Crippen LogP contribution in [0.3, 0.4) is 0 Å². The molecule has 0 aliphatic heterocycles. The van der Waals surface area contributed by atoms with E-state index in [0.29, 0.717) is 4.90 Å². The topological polar surface area (TPSA) is 43.4 Å². The van der Waals surface area contributed by atoms with Gasteiger partial charge in [0, 0.05) is 4.90 Å². The predicted molar refractivity (Wildman–Crippen MR) is 78.9 cm³/mol. The van der Waals surface area contributed by atoms with Crippen molar-refractivity contribution in [3.63, 3.8) is 0 Å². The van der Waals surface area contributed by atoms with E-state index in [2.05, 4.69) is 0 Å². The lowest BCUT2D eigenvalue weighted by Crippen LogP contribution is -2.29. The van der Waals surface area contributed by atoms with Gasteiger partial charge in [-0.15, -0.1) is 0 Å². The number of ether oxygens (including phenoxy) is 1. The molecule has 1 aliphatic rings. The van der Waals surface area contributed by atoms with Gasteiger partial charge in [0.2, 0.25) is 0 Å². The molecule has 2 atom stereocenters. The first-order valence-electron chi connectivity index (χ1n) is 6.68. The fraction of sp³-hybridized carbons (Fsp3) is 0.312. The van der Waals surface area contributed by atoms with E-state index in [9.17, 15) is 9.00 Å². The van der Waals surface area contributed by atoms with Crippen molar-refractivity contribution in [3.05, 3.63) is 42.5 Å². The second-order valence-electron chi connectivity index (χ2n) is 5.09. The van der Waals surface area contributed by atoms with E-state index in [1.165, 1.54) is 7.11 Å². The van der Waals surface area contributed by atoms with Crippen LogP contribution in [0.2, 0.25) is 0 Å². The molecule has 0 saturated heterocycles. The number of rotatable bonds is 4. The Morgan fingerprint density at radius 2 is 1.90 bits per heavy atom. The van der Waals surface area contributed by atoms with Crippen LogP contribution < -0.4 is 0 Å². The summed E-state index contributed by atoms with van der Waals surface area (Å²) < 4.78 is 17.5. The van der Waals surface area contributed by atoms with Crippen molar-refractivity contribution in [1.29, 1.82) is 0 Å². The number of benzene rings is 2. The first-order chi connectivity index (χ1) is 9.70. The second kappa shape index (κ2) is 5.37. The molecule has 0 aromatic heterocycles. The Bertz CT molecular complexity index is 676. The monoisotopic (exact) mass is 288 g/mol. The Morgan fingerprint density at radius 1 is 1.20 bits per heavy atom. The van der Waals surface area contributed by atoms with E-state index in [1.807, 2.05) is 42.5 Å². The number of fused-ring (bicyclic) bond motifs is 1. The molecule has 0 N–H and O–H groups in total. The molecule has 4 heteroatoms. The fourth-order valence-corrected chi connectivity index (χ4v) is 4.04. The molecule has 0 heterocycles. The Labute approximate surface area is 120 Å². The summed E-state index contributed by atoms with van der Waals surface area (Å²) in [4.78, 5) is 12.6. The molecule has 0 bridgehead atoms. The maximum absolute atomic E-state index is 12.7. The molecular weight excluding hydrogens is 272 g/mol. The van der Waals surface area contributed by atoms with E-state index in [-0.39, 0.29) is 11.9 Å². The zero-order valence-corrected chi connectivity index (χ0v) is 12.1. The minimum Gasteiger partial charge on any atom is -0.468 e. The van der Waals surface area contributed by atoms with E-state index < -0.39 is 16.0 Å². The standard InChI is InChI=1S/C16H16O3S/c1-19-16(17)15(12-6-7-12)20(18)14-9-8-11-4-2-3-5-13(11)10-14/h2-5,8-10,12,15H,6-7H2,1H3. The van der Waals surface area contributed by atoms with Gasteiger partial charge in [-0.2, -0.15) is 0 Å². The number of methoxy groups -OCH3 is 1. The van der Waals surface area contributed by atoms with Crippen molar-refractivity contribution in [1.82, 2.24) is 0 Å². The lowest BCUT2D eigenvalue weighted by atomic mass is 10.1.